The number of carbonyl (C=O) groups is 3. The van der Waals surface area contributed by atoms with E-state index in [-0.39, 0.29) is 24.3 Å². The van der Waals surface area contributed by atoms with Crippen molar-refractivity contribution in [1.82, 2.24) is 10.2 Å². The van der Waals surface area contributed by atoms with Gasteiger partial charge in [-0.25, -0.2) is 0 Å². The molecule has 8 heteroatoms. The van der Waals surface area contributed by atoms with Gasteiger partial charge in [0.2, 0.25) is 17.7 Å². The van der Waals surface area contributed by atoms with Crippen LogP contribution in [0, 0.1) is 11.8 Å². The number of carbonyl (C=O) groups excluding carboxylic acids is 3. The maximum atomic E-state index is 13.9. The maximum Gasteiger partial charge on any atom is 0.245 e. The molecule has 1 spiro atoms. The van der Waals surface area contributed by atoms with Crippen LogP contribution < -0.4 is 10.6 Å². The van der Waals surface area contributed by atoms with Crippen LogP contribution in [0.1, 0.15) is 65.2 Å². The summed E-state index contributed by atoms with van der Waals surface area (Å²) in [5.41, 5.74) is -1.08. The van der Waals surface area contributed by atoms with Gasteiger partial charge in [-0.05, 0) is 50.7 Å². The van der Waals surface area contributed by atoms with Gasteiger partial charge in [-0.3, -0.25) is 14.4 Å². The highest BCUT2D eigenvalue weighted by Crippen LogP contribution is 2.64. The van der Waals surface area contributed by atoms with Gasteiger partial charge >= 0.3 is 0 Å². The van der Waals surface area contributed by atoms with Crippen LogP contribution in [0.5, 0.6) is 0 Å². The molecule has 3 amide bonds. The molecule has 2 unspecified atom stereocenters. The first-order valence-corrected chi connectivity index (χ1v) is 13.2. The lowest BCUT2D eigenvalue weighted by atomic mass is 9.65. The summed E-state index contributed by atoms with van der Waals surface area (Å²) in [4.78, 5) is 42.7. The van der Waals surface area contributed by atoms with Crippen LogP contribution in [-0.4, -0.2) is 64.7 Å². The van der Waals surface area contributed by atoms with E-state index in [0.717, 1.165) is 19.3 Å². The number of anilines is 1. The van der Waals surface area contributed by atoms with Crippen molar-refractivity contribution in [2.75, 3.05) is 25.0 Å². The predicted molar refractivity (Wildman–Crippen MR) is 132 cm³/mol. The number of nitrogens with zero attached hydrogens (tertiary/aromatic N) is 1. The molecule has 3 fully saturated rings. The minimum absolute atomic E-state index is 0.0298. The molecular formula is C27H39N3O5. The first-order chi connectivity index (χ1) is 16.9. The van der Waals surface area contributed by atoms with Gasteiger partial charge in [-0.15, -0.1) is 0 Å². The molecule has 8 nitrogen and oxygen atoms in total. The largest absolute Gasteiger partial charge is 0.396 e. The number of unbranched alkanes of at least 4 members (excludes halogenated alkanes) is 3. The summed E-state index contributed by atoms with van der Waals surface area (Å²) in [5.74, 6) is -1.96. The predicted octanol–water partition coefficient (Wildman–Crippen LogP) is 2.86. The SMILES string of the molecule is CCCCCNC(=O)C1N(CCCCO)C(=O)[C@@H]2[C@@H](C(=O)Nc3ccccc3)[C@@]3(CC)CCC12O3. The number of amides is 3. The van der Waals surface area contributed by atoms with Crippen molar-refractivity contribution in [3.8, 4) is 0 Å². The second-order valence-corrected chi connectivity index (χ2v) is 10.1. The summed E-state index contributed by atoms with van der Waals surface area (Å²) in [5, 5.41) is 15.3. The standard InChI is InChI=1S/C27H39N3O5/c1-3-5-9-16-28-24(33)22-27-15-14-26(4-2,35-27)20(23(32)29-19-12-7-6-8-13-19)21(27)25(34)30(22)17-10-11-18-31/h6-8,12-13,20-22,31H,3-5,9-11,14-18H2,1-2H3,(H,28,33)(H,29,32)/t20-,21-,22?,26+,27?/m0/s1. The van der Waals surface area contributed by atoms with Crippen molar-refractivity contribution < 1.29 is 24.2 Å². The number of likely N-dealkylation sites (tertiary alicyclic amines) is 1. The number of nitrogens with one attached hydrogen (secondary N) is 2. The summed E-state index contributed by atoms with van der Waals surface area (Å²) >= 11 is 0. The minimum atomic E-state index is -1.00. The number of hydrogen-bond acceptors (Lipinski definition) is 5. The Balaban J connectivity index is 1.65. The second-order valence-electron chi connectivity index (χ2n) is 10.1. The van der Waals surface area contributed by atoms with Crippen molar-refractivity contribution in [3.63, 3.8) is 0 Å². The van der Waals surface area contributed by atoms with Gasteiger partial charge < -0.3 is 25.4 Å². The van der Waals surface area contributed by atoms with Crippen LogP contribution >= 0.6 is 0 Å². The molecule has 0 saturated carbocycles. The van der Waals surface area contributed by atoms with Gasteiger partial charge in [0.05, 0.1) is 17.4 Å². The normalized spacial score (nSPS) is 31.0. The fourth-order valence-corrected chi connectivity index (χ4v) is 6.48. The molecule has 192 valence electrons. The zero-order valence-electron chi connectivity index (χ0n) is 20.9. The summed E-state index contributed by atoms with van der Waals surface area (Å²) in [6.07, 6.45) is 5.91. The number of rotatable bonds is 12. The summed E-state index contributed by atoms with van der Waals surface area (Å²) < 4.78 is 6.73. The highest BCUT2D eigenvalue weighted by Gasteiger charge is 2.78. The molecule has 1 aromatic rings. The molecule has 0 radical (unpaired) electrons. The molecule has 3 aliphatic rings. The van der Waals surface area contributed by atoms with E-state index in [1.165, 1.54) is 0 Å². The fraction of sp³-hybridized carbons (Fsp3) is 0.667. The number of aliphatic hydroxyl groups excluding tert-OH is 1. The zero-order chi connectivity index (χ0) is 25.1. The molecule has 0 aliphatic carbocycles. The third-order valence-electron chi connectivity index (χ3n) is 8.14. The molecular weight excluding hydrogens is 446 g/mol. The number of aliphatic hydroxyl groups is 1. The number of hydrogen-bond donors (Lipinski definition) is 3. The first-order valence-electron chi connectivity index (χ1n) is 13.2. The highest BCUT2D eigenvalue weighted by atomic mass is 16.5. The van der Waals surface area contributed by atoms with Crippen molar-refractivity contribution in [1.29, 1.82) is 0 Å². The molecule has 5 atom stereocenters. The highest BCUT2D eigenvalue weighted by molar-refractivity contribution is 6.02. The van der Waals surface area contributed by atoms with Gasteiger partial charge in [0.15, 0.2) is 0 Å². The van der Waals surface area contributed by atoms with E-state index < -0.39 is 29.1 Å². The molecule has 3 N–H and O–H groups in total. The lowest BCUT2D eigenvalue weighted by Gasteiger charge is -2.34. The third-order valence-corrected chi connectivity index (χ3v) is 8.14. The van der Waals surface area contributed by atoms with E-state index in [4.69, 9.17) is 4.74 Å². The van der Waals surface area contributed by atoms with E-state index in [2.05, 4.69) is 17.6 Å². The van der Waals surface area contributed by atoms with Crippen molar-refractivity contribution in [2.24, 2.45) is 11.8 Å². The van der Waals surface area contributed by atoms with Crippen LogP contribution in [-0.2, 0) is 19.1 Å². The smallest absolute Gasteiger partial charge is 0.245 e. The Kier molecular flexibility index (Phi) is 7.81. The van der Waals surface area contributed by atoms with Crippen molar-refractivity contribution in [3.05, 3.63) is 30.3 Å². The van der Waals surface area contributed by atoms with Crippen LogP contribution in [0.4, 0.5) is 5.69 Å². The van der Waals surface area contributed by atoms with Gasteiger partial charge in [0.1, 0.15) is 11.6 Å². The van der Waals surface area contributed by atoms with Crippen molar-refractivity contribution >= 4 is 23.4 Å². The summed E-state index contributed by atoms with van der Waals surface area (Å²) in [7, 11) is 0. The molecule has 0 aromatic heterocycles. The molecule has 35 heavy (non-hydrogen) atoms. The Hall–Kier alpha value is -2.45. The first kappa shape index (κ1) is 25.6. The lowest BCUT2D eigenvalue weighted by Crippen LogP contribution is -2.55. The molecule has 3 heterocycles. The Morgan fingerprint density at radius 1 is 1.09 bits per heavy atom. The Morgan fingerprint density at radius 3 is 2.54 bits per heavy atom. The number of para-hydroxylation sites is 1. The van der Waals surface area contributed by atoms with Crippen LogP contribution in [0.15, 0.2) is 30.3 Å². The average molecular weight is 486 g/mol. The van der Waals surface area contributed by atoms with Crippen LogP contribution in [0.3, 0.4) is 0 Å². The summed E-state index contributed by atoms with van der Waals surface area (Å²) in [6, 6.07) is 8.48. The van der Waals surface area contributed by atoms with E-state index in [1.807, 2.05) is 37.3 Å². The molecule has 4 rings (SSSR count). The van der Waals surface area contributed by atoms with Crippen LogP contribution in [0.25, 0.3) is 0 Å². The molecule has 3 aliphatic heterocycles. The second kappa shape index (κ2) is 10.7. The van der Waals surface area contributed by atoms with Gasteiger partial charge in [-0.1, -0.05) is 44.9 Å². The topological polar surface area (TPSA) is 108 Å². The lowest BCUT2D eigenvalue weighted by molar-refractivity contribution is -0.146. The van der Waals surface area contributed by atoms with Gasteiger partial charge in [0.25, 0.3) is 0 Å². The fourth-order valence-electron chi connectivity index (χ4n) is 6.48. The van der Waals surface area contributed by atoms with Gasteiger partial charge in [0, 0.05) is 25.4 Å². The molecule has 3 saturated heterocycles. The van der Waals surface area contributed by atoms with E-state index >= 15 is 0 Å². The Morgan fingerprint density at radius 2 is 1.86 bits per heavy atom. The Bertz CT molecular complexity index is 925. The van der Waals surface area contributed by atoms with Crippen molar-refractivity contribution in [2.45, 2.75) is 82.5 Å². The minimum Gasteiger partial charge on any atom is -0.396 e. The number of fused-ring (bicyclic) bond motifs is 1. The monoisotopic (exact) mass is 485 g/mol. The van der Waals surface area contributed by atoms with E-state index in [9.17, 15) is 19.5 Å². The average Bonchev–Trinajstić information content (AvgIpc) is 3.46. The molecule has 1 aromatic carbocycles. The zero-order valence-corrected chi connectivity index (χ0v) is 20.9. The maximum absolute atomic E-state index is 13.9. The van der Waals surface area contributed by atoms with Crippen LogP contribution in [0.2, 0.25) is 0 Å². The van der Waals surface area contributed by atoms with Gasteiger partial charge in [-0.2, -0.15) is 0 Å². The third kappa shape index (κ3) is 4.47. The summed E-state index contributed by atoms with van der Waals surface area (Å²) in [6.45, 7) is 5.05. The van der Waals surface area contributed by atoms with E-state index in [1.54, 1.807) is 4.90 Å². The van der Waals surface area contributed by atoms with E-state index in [0.29, 0.717) is 50.9 Å². The Labute approximate surface area is 207 Å². The molecule has 2 bridgehead atoms. The number of ether oxygens (including phenoxy) is 1. The number of benzene rings is 1. The quantitative estimate of drug-likeness (QED) is 0.395.